The quantitative estimate of drug-likeness (QED) is 0.832. The van der Waals surface area contributed by atoms with Crippen molar-refractivity contribution in [3.8, 4) is 0 Å². The number of hydrogen-bond acceptors (Lipinski definition) is 3. The molecule has 3 rings (SSSR count). The molecule has 0 atom stereocenters. The van der Waals surface area contributed by atoms with Gasteiger partial charge in [-0.05, 0) is 38.8 Å². The molecule has 0 unspecified atom stereocenters. The highest BCUT2D eigenvalue weighted by molar-refractivity contribution is 5.08. The molecule has 3 nitrogen and oxygen atoms in total. The molecule has 88 valence electrons. The molecular formula is C13H20N2O. The van der Waals surface area contributed by atoms with Crippen LogP contribution in [0.3, 0.4) is 0 Å². The summed E-state index contributed by atoms with van der Waals surface area (Å²) >= 11 is 0. The molecule has 3 heteroatoms. The minimum atomic E-state index is 0.607. The minimum Gasteiger partial charge on any atom is -0.448 e. The third-order valence-corrected chi connectivity index (χ3v) is 4.00. The molecule has 0 bridgehead atoms. The van der Waals surface area contributed by atoms with Crippen molar-refractivity contribution in [1.82, 2.24) is 10.3 Å². The van der Waals surface area contributed by atoms with Crippen molar-refractivity contribution in [3.63, 3.8) is 0 Å². The molecular weight excluding hydrogens is 200 g/mol. The molecule has 1 saturated heterocycles. The SMILES string of the molecule is c1oc(C2CCCC2)nc1C1CCNCC1. The predicted molar refractivity (Wildman–Crippen MR) is 62.6 cm³/mol. The van der Waals surface area contributed by atoms with Crippen molar-refractivity contribution in [2.24, 2.45) is 0 Å². The van der Waals surface area contributed by atoms with E-state index in [2.05, 4.69) is 5.32 Å². The summed E-state index contributed by atoms with van der Waals surface area (Å²) in [6.45, 7) is 2.24. The maximum atomic E-state index is 5.67. The average Bonchev–Trinajstić information content (AvgIpc) is 3.01. The van der Waals surface area contributed by atoms with Crippen molar-refractivity contribution in [3.05, 3.63) is 17.8 Å². The Bertz CT molecular complexity index is 335. The van der Waals surface area contributed by atoms with Gasteiger partial charge in [0.1, 0.15) is 6.26 Å². The molecule has 2 heterocycles. The zero-order valence-electron chi connectivity index (χ0n) is 9.74. The maximum absolute atomic E-state index is 5.67. The second-order valence-electron chi connectivity index (χ2n) is 5.12. The lowest BCUT2D eigenvalue weighted by atomic mass is 9.95. The molecule has 1 N–H and O–H groups in total. The van der Waals surface area contributed by atoms with Crippen LogP contribution in [0.2, 0.25) is 0 Å². The average molecular weight is 220 g/mol. The first kappa shape index (κ1) is 10.3. The van der Waals surface area contributed by atoms with Gasteiger partial charge in [-0.3, -0.25) is 0 Å². The van der Waals surface area contributed by atoms with Crippen LogP contribution in [0.25, 0.3) is 0 Å². The fraction of sp³-hybridized carbons (Fsp3) is 0.769. The Balaban J connectivity index is 1.71. The van der Waals surface area contributed by atoms with E-state index in [-0.39, 0.29) is 0 Å². The van der Waals surface area contributed by atoms with E-state index >= 15 is 0 Å². The molecule has 2 aliphatic rings. The van der Waals surface area contributed by atoms with Crippen LogP contribution < -0.4 is 5.32 Å². The van der Waals surface area contributed by atoms with Crippen LogP contribution in [-0.4, -0.2) is 18.1 Å². The van der Waals surface area contributed by atoms with Crippen LogP contribution in [0.5, 0.6) is 0 Å². The summed E-state index contributed by atoms with van der Waals surface area (Å²) in [5.74, 6) is 2.24. The Morgan fingerprint density at radius 2 is 1.81 bits per heavy atom. The standard InChI is InChI=1S/C13H20N2O/c1-2-4-11(3-1)13-15-12(9-16-13)10-5-7-14-8-6-10/h9-11,14H,1-8H2. The Labute approximate surface area is 96.6 Å². The summed E-state index contributed by atoms with van der Waals surface area (Å²) in [6.07, 6.45) is 9.54. The maximum Gasteiger partial charge on any atom is 0.197 e. The van der Waals surface area contributed by atoms with Gasteiger partial charge in [0.15, 0.2) is 5.89 Å². The Hall–Kier alpha value is -0.830. The first-order valence-corrected chi connectivity index (χ1v) is 6.59. The van der Waals surface area contributed by atoms with Crippen LogP contribution in [0.1, 0.15) is 61.9 Å². The third kappa shape index (κ3) is 2.01. The normalized spacial score (nSPS) is 24.0. The van der Waals surface area contributed by atoms with E-state index in [0.29, 0.717) is 11.8 Å². The monoisotopic (exact) mass is 220 g/mol. The van der Waals surface area contributed by atoms with Crippen molar-refractivity contribution < 1.29 is 4.42 Å². The second-order valence-corrected chi connectivity index (χ2v) is 5.12. The van der Waals surface area contributed by atoms with Gasteiger partial charge in [0.05, 0.1) is 5.69 Å². The number of oxazole rings is 1. The van der Waals surface area contributed by atoms with Crippen LogP contribution >= 0.6 is 0 Å². The molecule has 1 aromatic heterocycles. The summed E-state index contributed by atoms with van der Waals surface area (Å²) < 4.78 is 5.67. The first-order valence-electron chi connectivity index (χ1n) is 6.59. The molecule has 0 radical (unpaired) electrons. The van der Waals surface area contributed by atoms with E-state index in [4.69, 9.17) is 9.40 Å². The fourth-order valence-electron chi connectivity index (χ4n) is 2.97. The van der Waals surface area contributed by atoms with Gasteiger partial charge in [-0.25, -0.2) is 4.98 Å². The van der Waals surface area contributed by atoms with Gasteiger partial charge in [0, 0.05) is 11.8 Å². The van der Waals surface area contributed by atoms with Crippen molar-refractivity contribution >= 4 is 0 Å². The van der Waals surface area contributed by atoms with Gasteiger partial charge in [0.2, 0.25) is 0 Å². The summed E-state index contributed by atoms with van der Waals surface area (Å²) in [6, 6.07) is 0. The van der Waals surface area contributed by atoms with Crippen molar-refractivity contribution in [1.29, 1.82) is 0 Å². The van der Waals surface area contributed by atoms with E-state index < -0.39 is 0 Å². The molecule has 1 saturated carbocycles. The molecule has 0 aromatic carbocycles. The number of rotatable bonds is 2. The van der Waals surface area contributed by atoms with E-state index in [1.807, 2.05) is 6.26 Å². The summed E-state index contributed by atoms with van der Waals surface area (Å²) in [4.78, 5) is 4.72. The number of nitrogens with zero attached hydrogens (tertiary/aromatic N) is 1. The largest absolute Gasteiger partial charge is 0.448 e. The Kier molecular flexibility index (Phi) is 2.96. The Morgan fingerprint density at radius 1 is 1.06 bits per heavy atom. The highest BCUT2D eigenvalue weighted by atomic mass is 16.3. The molecule has 16 heavy (non-hydrogen) atoms. The van der Waals surface area contributed by atoms with Crippen LogP contribution in [0, 0.1) is 0 Å². The van der Waals surface area contributed by atoms with Crippen LogP contribution in [-0.2, 0) is 0 Å². The lowest BCUT2D eigenvalue weighted by molar-refractivity contribution is 0.444. The lowest BCUT2D eigenvalue weighted by Gasteiger charge is -2.20. The minimum absolute atomic E-state index is 0.607. The molecule has 2 fully saturated rings. The van der Waals surface area contributed by atoms with Crippen LogP contribution in [0.15, 0.2) is 10.7 Å². The van der Waals surface area contributed by atoms with Crippen molar-refractivity contribution in [2.75, 3.05) is 13.1 Å². The number of nitrogens with one attached hydrogen (secondary N) is 1. The van der Waals surface area contributed by atoms with Gasteiger partial charge >= 0.3 is 0 Å². The van der Waals surface area contributed by atoms with Gasteiger partial charge in [0.25, 0.3) is 0 Å². The predicted octanol–water partition coefficient (Wildman–Crippen LogP) is 2.80. The van der Waals surface area contributed by atoms with E-state index in [9.17, 15) is 0 Å². The van der Waals surface area contributed by atoms with Gasteiger partial charge in [-0.2, -0.15) is 0 Å². The second kappa shape index (κ2) is 4.58. The summed E-state index contributed by atoms with van der Waals surface area (Å²) in [7, 11) is 0. The topological polar surface area (TPSA) is 38.1 Å². The zero-order chi connectivity index (χ0) is 10.8. The molecule has 1 aliphatic heterocycles. The van der Waals surface area contributed by atoms with Crippen molar-refractivity contribution in [2.45, 2.75) is 50.4 Å². The number of aromatic nitrogens is 1. The zero-order valence-corrected chi connectivity index (χ0v) is 9.74. The Morgan fingerprint density at radius 3 is 2.56 bits per heavy atom. The van der Waals surface area contributed by atoms with Gasteiger partial charge < -0.3 is 9.73 Å². The first-order chi connectivity index (χ1) is 7.93. The van der Waals surface area contributed by atoms with E-state index in [1.165, 1.54) is 44.2 Å². The lowest BCUT2D eigenvalue weighted by Crippen LogP contribution is -2.26. The smallest absolute Gasteiger partial charge is 0.197 e. The fourth-order valence-corrected chi connectivity index (χ4v) is 2.97. The van der Waals surface area contributed by atoms with E-state index in [0.717, 1.165) is 19.0 Å². The highest BCUT2D eigenvalue weighted by Gasteiger charge is 2.24. The molecule has 1 aromatic rings. The number of hydrogen-bond donors (Lipinski definition) is 1. The van der Waals surface area contributed by atoms with Crippen LogP contribution in [0.4, 0.5) is 0 Å². The summed E-state index contributed by atoms with van der Waals surface area (Å²) in [5.41, 5.74) is 1.20. The molecule has 0 spiro atoms. The van der Waals surface area contributed by atoms with Gasteiger partial charge in [-0.15, -0.1) is 0 Å². The third-order valence-electron chi connectivity index (χ3n) is 4.00. The molecule has 1 aliphatic carbocycles. The van der Waals surface area contributed by atoms with Gasteiger partial charge in [-0.1, -0.05) is 12.8 Å². The molecule has 0 amide bonds. The van der Waals surface area contributed by atoms with E-state index in [1.54, 1.807) is 0 Å². The number of piperidine rings is 1. The highest BCUT2D eigenvalue weighted by Crippen LogP contribution is 2.35. The summed E-state index contributed by atoms with van der Waals surface area (Å²) in [5, 5.41) is 3.39.